The summed E-state index contributed by atoms with van der Waals surface area (Å²) in [5.41, 5.74) is 0.927. The van der Waals surface area contributed by atoms with Crippen LogP contribution in [0.5, 0.6) is 0 Å². The molecule has 1 aromatic carbocycles. The highest BCUT2D eigenvalue weighted by molar-refractivity contribution is 5.41. The van der Waals surface area contributed by atoms with Gasteiger partial charge in [0, 0.05) is 0 Å². The Balaban J connectivity index is 2.37. The minimum Gasteiger partial charge on any atom is -0.211 e. The second-order valence-electron chi connectivity index (χ2n) is 3.10. The van der Waals surface area contributed by atoms with E-state index in [1.807, 2.05) is 30.3 Å². The molecule has 1 aliphatic carbocycles. The van der Waals surface area contributed by atoms with Gasteiger partial charge in [0.1, 0.15) is 0 Å². The number of benzene rings is 1. The van der Waals surface area contributed by atoms with Gasteiger partial charge in [0.2, 0.25) is 6.08 Å². The molecule has 0 aliphatic heterocycles. The van der Waals surface area contributed by atoms with Gasteiger partial charge in [-0.25, -0.2) is 4.79 Å². The van der Waals surface area contributed by atoms with Crippen LogP contribution < -0.4 is 0 Å². The third-order valence-electron chi connectivity index (χ3n) is 2.29. The number of isocyanates is 1. The highest BCUT2D eigenvalue weighted by atomic mass is 16.1. The standard InChI is InChI=1S/C10H9NO/c12-8-11-10(6-7-10)9-4-2-1-3-5-9/h1-5H,6-7H2. The van der Waals surface area contributed by atoms with Crippen LogP contribution >= 0.6 is 0 Å². The first-order valence-electron chi connectivity index (χ1n) is 4.02. The van der Waals surface area contributed by atoms with Crippen LogP contribution in [0.1, 0.15) is 18.4 Å². The lowest BCUT2D eigenvalue weighted by Crippen LogP contribution is -2.00. The Morgan fingerprint density at radius 3 is 2.42 bits per heavy atom. The van der Waals surface area contributed by atoms with Gasteiger partial charge in [-0.05, 0) is 18.4 Å². The molecular weight excluding hydrogens is 150 g/mol. The van der Waals surface area contributed by atoms with Gasteiger partial charge in [-0.1, -0.05) is 30.3 Å². The van der Waals surface area contributed by atoms with Crippen molar-refractivity contribution in [2.75, 3.05) is 0 Å². The van der Waals surface area contributed by atoms with E-state index in [2.05, 4.69) is 4.99 Å². The van der Waals surface area contributed by atoms with Gasteiger partial charge in [-0.2, -0.15) is 4.99 Å². The molecule has 0 spiro atoms. The van der Waals surface area contributed by atoms with Crippen LogP contribution in [0.2, 0.25) is 0 Å². The second kappa shape index (κ2) is 2.58. The average molecular weight is 159 g/mol. The van der Waals surface area contributed by atoms with Gasteiger partial charge in [-0.15, -0.1) is 0 Å². The smallest absolute Gasteiger partial charge is 0.211 e. The molecular formula is C10H9NO. The Morgan fingerprint density at radius 1 is 1.25 bits per heavy atom. The number of hydrogen-bond acceptors (Lipinski definition) is 2. The molecule has 0 atom stereocenters. The first-order valence-corrected chi connectivity index (χ1v) is 4.02. The summed E-state index contributed by atoms with van der Waals surface area (Å²) in [7, 11) is 0. The number of carbonyl (C=O) groups excluding carboxylic acids is 1. The zero-order chi connectivity index (χ0) is 8.44. The Bertz CT molecular complexity index is 321. The molecule has 0 heterocycles. The summed E-state index contributed by atoms with van der Waals surface area (Å²) in [6.45, 7) is 0. The van der Waals surface area contributed by atoms with Gasteiger partial charge >= 0.3 is 0 Å². The van der Waals surface area contributed by atoms with Crippen molar-refractivity contribution < 1.29 is 4.79 Å². The fourth-order valence-corrected chi connectivity index (χ4v) is 1.42. The van der Waals surface area contributed by atoms with Crippen molar-refractivity contribution in [2.45, 2.75) is 18.4 Å². The number of nitrogens with zero attached hydrogens (tertiary/aromatic N) is 1. The third-order valence-corrected chi connectivity index (χ3v) is 2.29. The molecule has 1 saturated carbocycles. The summed E-state index contributed by atoms with van der Waals surface area (Å²) < 4.78 is 0. The topological polar surface area (TPSA) is 29.4 Å². The number of hydrogen-bond donors (Lipinski definition) is 0. The SMILES string of the molecule is O=C=NC1(c2ccccc2)CC1. The molecule has 1 aliphatic rings. The Hall–Kier alpha value is -1.40. The maximum Gasteiger partial charge on any atom is 0.235 e. The molecule has 12 heavy (non-hydrogen) atoms. The second-order valence-corrected chi connectivity index (χ2v) is 3.10. The lowest BCUT2D eigenvalue weighted by atomic mass is 10.1. The Labute approximate surface area is 70.9 Å². The van der Waals surface area contributed by atoms with Gasteiger partial charge in [-0.3, -0.25) is 0 Å². The molecule has 0 N–H and O–H groups in total. The van der Waals surface area contributed by atoms with Gasteiger partial charge in [0.25, 0.3) is 0 Å². The van der Waals surface area contributed by atoms with Crippen molar-refractivity contribution >= 4 is 6.08 Å². The highest BCUT2D eigenvalue weighted by Crippen LogP contribution is 2.48. The van der Waals surface area contributed by atoms with Crippen molar-refractivity contribution in [1.82, 2.24) is 0 Å². The summed E-state index contributed by atoms with van der Waals surface area (Å²) in [5.74, 6) is 0. The largest absolute Gasteiger partial charge is 0.235 e. The van der Waals surface area contributed by atoms with Crippen molar-refractivity contribution in [3.8, 4) is 0 Å². The summed E-state index contributed by atoms with van der Waals surface area (Å²) in [5, 5.41) is 0. The summed E-state index contributed by atoms with van der Waals surface area (Å²) in [6.07, 6.45) is 3.60. The van der Waals surface area contributed by atoms with Gasteiger partial charge in [0.15, 0.2) is 0 Å². The van der Waals surface area contributed by atoms with Crippen molar-refractivity contribution in [3.63, 3.8) is 0 Å². The van der Waals surface area contributed by atoms with E-state index >= 15 is 0 Å². The number of rotatable bonds is 2. The van der Waals surface area contributed by atoms with E-state index in [9.17, 15) is 4.79 Å². The predicted molar refractivity (Wildman–Crippen MR) is 45.5 cm³/mol. The average Bonchev–Trinajstić information content (AvgIpc) is 2.88. The Morgan fingerprint density at radius 2 is 1.92 bits per heavy atom. The maximum absolute atomic E-state index is 10.1. The molecule has 1 fully saturated rings. The van der Waals surface area contributed by atoms with Crippen LogP contribution in [-0.4, -0.2) is 6.08 Å². The van der Waals surface area contributed by atoms with E-state index in [1.165, 1.54) is 0 Å². The minimum absolute atomic E-state index is 0.205. The van der Waals surface area contributed by atoms with E-state index in [-0.39, 0.29) is 5.54 Å². The minimum atomic E-state index is -0.205. The monoisotopic (exact) mass is 159 g/mol. The summed E-state index contributed by atoms with van der Waals surface area (Å²) in [6, 6.07) is 9.91. The van der Waals surface area contributed by atoms with Crippen molar-refractivity contribution in [3.05, 3.63) is 35.9 Å². The first-order chi connectivity index (χ1) is 5.87. The zero-order valence-electron chi connectivity index (χ0n) is 6.66. The van der Waals surface area contributed by atoms with Crippen LogP contribution in [0.25, 0.3) is 0 Å². The molecule has 0 bridgehead atoms. The summed E-state index contributed by atoms with van der Waals surface area (Å²) >= 11 is 0. The van der Waals surface area contributed by atoms with E-state index in [0.29, 0.717) is 0 Å². The van der Waals surface area contributed by atoms with Gasteiger partial charge < -0.3 is 0 Å². The molecule has 60 valence electrons. The molecule has 2 rings (SSSR count). The maximum atomic E-state index is 10.1. The highest BCUT2D eigenvalue weighted by Gasteiger charge is 2.44. The molecule has 0 amide bonds. The lowest BCUT2D eigenvalue weighted by Gasteiger charge is -2.05. The van der Waals surface area contributed by atoms with Crippen molar-refractivity contribution in [2.24, 2.45) is 4.99 Å². The van der Waals surface area contributed by atoms with Crippen LogP contribution in [0.4, 0.5) is 0 Å². The number of aliphatic imine (C=N–C) groups is 1. The molecule has 1 aromatic rings. The quantitative estimate of drug-likeness (QED) is 0.479. The van der Waals surface area contributed by atoms with Crippen LogP contribution in [-0.2, 0) is 10.3 Å². The summed E-state index contributed by atoms with van der Waals surface area (Å²) in [4.78, 5) is 14.0. The van der Waals surface area contributed by atoms with Crippen LogP contribution in [0, 0.1) is 0 Å². The fourth-order valence-electron chi connectivity index (χ4n) is 1.42. The molecule has 2 heteroatoms. The Kier molecular flexibility index (Phi) is 1.56. The fraction of sp³-hybridized carbons (Fsp3) is 0.300. The predicted octanol–water partition coefficient (Wildman–Crippen LogP) is 2.01. The molecule has 0 radical (unpaired) electrons. The zero-order valence-corrected chi connectivity index (χ0v) is 6.66. The van der Waals surface area contributed by atoms with Crippen molar-refractivity contribution in [1.29, 1.82) is 0 Å². The molecule has 0 unspecified atom stereocenters. The normalized spacial score (nSPS) is 18.0. The van der Waals surface area contributed by atoms with E-state index in [1.54, 1.807) is 6.08 Å². The first kappa shape index (κ1) is 7.26. The van der Waals surface area contributed by atoms with Crippen LogP contribution in [0.15, 0.2) is 35.3 Å². The molecule has 2 nitrogen and oxygen atoms in total. The van der Waals surface area contributed by atoms with E-state index in [4.69, 9.17) is 0 Å². The molecule has 0 aromatic heterocycles. The van der Waals surface area contributed by atoms with Gasteiger partial charge in [0.05, 0.1) is 5.54 Å². The van der Waals surface area contributed by atoms with E-state index in [0.717, 1.165) is 18.4 Å². The third kappa shape index (κ3) is 1.06. The van der Waals surface area contributed by atoms with Crippen LogP contribution in [0.3, 0.4) is 0 Å². The molecule has 0 saturated heterocycles. The van der Waals surface area contributed by atoms with E-state index < -0.39 is 0 Å². The lowest BCUT2D eigenvalue weighted by molar-refractivity contribution is 0.556.